The summed E-state index contributed by atoms with van der Waals surface area (Å²) in [6.45, 7) is 6.84. The summed E-state index contributed by atoms with van der Waals surface area (Å²) in [6.07, 6.45) is 2.69. The van der Waals surface area contributed by atoms with E-state index in [-0.39, 0.29) is 0 Å². The summed E-state index contributed by atoms with van der Waals surface area (Å²) in [6, 6.07) is 7.06. The molecule has 1 aliphatic heterocycles. The first kappa shape index (κ1) is 15.8. The van der Waals surface area contributed by atoms with Crippen LogP contribution in [0.3, 0.4) is 0 Å². The maximum Gasteiger partial charge on any atom is 0.133 e. The van der Waals surface area contributed by atoms with Crippen molar-refractivity contribution in [2.45, 2.75) is 32.4 Å². The first-order chi connectivity index (χ1) is 9.63. The van der Waals surface area contributed by atoms with Crippen molar-refractivity contribution >= 4 is 15.9 Å². The number of ether oxygens (including phenoxy) is 1. The molecule has 20 heavy (non-hydrogen) atoms. The number of likely N-dealkylation sites (tertiary alicyclic amines) is 1. The van der Waals surface area contributed by atoms with Crippen LogP contribution in [0.15, 0.2) is 22.7 Å². The van der Waals surface area contributed by atoms with Crippen LogP contribution in [-0.4, -0.2) is 49.6 Å². The van der Waals surface area contributed by atoms with Gasteiger partial charge in [0.05, 0.1) is 11.6 Å². The standard InChI is InChI=1S/C16H25BrN2O/c1-4-19-9-5-6-14(19)12-18(2)11-13-7-8-16(20-3)15(17)10-13/h7-8,10,14H,4-6,9,11-12H2,1-3H3. The van der Waals surface area contributed by atoms with Gasteiger partial charge in [0.15, 0.2) is 0 Å². The molecule has 0 saturated carbocycles. The van der Waals surface area contributed by atoms with Gasteiger partial charge < -0.3 is 9.64 Å². The largest absolute Gasteiger partial charge is 0.496 e. The molecule has 0 aromatic heterocycles. The molecule has 0 amide bonds. The maximum absolute atomic E-state index is 5.27. The Balaban J connectivity index is 1.91. The molecule has 112 valence electrons. The summed E-state index contributed by atoms with van der Waals surface area (Å²) in [4.78, 5) is 5.02. The highest BCUT2D eigenvalue weighted by atomic mass is 79.9. The number of benzene rings is 1. The molecular weight excluding hydrogens is 316 g/mol. The van der Waals surface area contributed by atoms with Crippen molar-refractivity contribution in [3.05, 3.63) is 28.2 Å². The molecule has 1 aromatic carbocycles. The summed E-state index contributed by atoms with van der Waals surface area (Å²) < 4.78 is 6.30. The fraction of sp³-hybridized carbons (Fsp3) is 0.625. The molecule has 1 heterocycles. The normalized spacial score (nSPS) is 19.8. The van der Waals surface area contributed by atoms with Crippen molar-refractivity contribution in [2.24, 2.45) is 0 Å². The minimum absolute atomic E-state index is 0.728. The van der Waals surface area contributed by atoms with Gasteiger partial charge in [0.25, 0.3) is 0 Å². The number of hydrogen-bond acceptors (Lipinski definition) is 3. The third kappa shape index (κ3) is 3.96. The number of nitrogens with zero attached hydrogens (tertiary/aromatic N) is 2. The van der Waals surface area contributed by atoms with Crippen molar-refractivity contribution in [1.82, 2.24) is 9.80 Å². The van der Waals surface area contributed by atoms with Gasteiger partial charge in [0.1, 0.15) is 5.75 Å². The zero-order chi connectivity index (χ0) is 14.5. The molecule has 1 aliphatic rings. The van der Waals surface area contributed by atoms with Crippen LogP contribution in [0.4, 0.5) is 0 Å². The first-order valence-electron chi connectivity index (χ1n) is 7.39. The summed E-state index contributed by atoms with van der Waals surface area (Å²) >= 11 is 3.55. The van der Waals surface area contributed by atoms with Crippen molar-refractivity contribution in [3.63, 3.8) is 0 Å². The third-order valence-electron chi connectivity index (χ3n) is 4.10. The lowest BCUT2D eigenvalue weighted by molar-refractivity contribution is 0.195. The molecule has 1 atom stereocenters. The van der Waals surface area contributed by atoms with E-state index >= 15 is 0 Å². The van der Waals surface area contributed by atoms with Crippen molar-refractivity contribution in [1.29, 1.82) is 0 Å². The van der Waals surface area contributed by atoms with Gasteiger partial charge in [-0.25, -0.2) is 0 Å². The second kappa shape index (κ2) is 7.43. The van der Waals surface area contributed by atoms with Gasteiger partial charge in [-0.05, 0) is 66.6 Å². The zero-order valence-corrected chi connectivity index (χ0v) is 14.3. The lowest BCUT2D eigenvalue weighted by Gasteiger charge is -2.27. The average Bonchev–Trinajstić information content (AvgIpc) is 2.86. The number of hydrogen-bond donors (Lipinski definition) is 0. The van der Waals surface area contributed by atoms with Gasteiger partial charge in [0, 0.05) is 19.1 Å². The Kier molecular flexibility index (Phi) is 5.87. The minimum Gasteiger partial charge on any atom is -0.496 e. The van der Waals surface area contributed by atoms with Crippen molar-refractivity contribution < 1.29 is 4.74 Å². The summed E-state index contributed by atoms with van der Waals surface area (Å²) in [5, 5.41) is 0. The molecule has 3 nitrogen and oxygen atoms in total. The zero-order valence-electron chi connectivity index (χ0n) is 12.7. The van der Waals surface area contributed by atoms with E-state index in [9.17, 15) is 0 Å². The van der Waals surface area contributed by atoms with E-state index in [1.165, 1.54) is 31.5 Å². The average molecular weight is 341 g/mol. The number of halogens is 1. The highest BCUT2D eigenvalue weighted by Gasteiger charge is 2.23. The SMILES string of the molecule is CCN1CCCC1CN(C)Cc1ccc(OC)c(Br)c1. The number of rotatable bonds is 6. The van der Waals surface area contributed by atoms with Crippen LogP contribution in [0.1, 0.15) is 25.3 Å². The molecular formula is C16H25BrN2O. The summed E-state index contributed by atoms with van der Waals surface area (Å²) in [5.74, 6) is 0.893. The van der Waals surface area contributed by atoms with Crippen LogP contribution in [0.2, 0.25) is 0 Å². The summed E-state index contributed by atoms with van der Waals surface area (Å²) in [5.41, 5.74) is 1.32. The number of methoxy groups -OCH3 is 1. The number of likely N-dealkylation sites (N-methyl/N-ethyl adjacent to an activating group) is 2. The Labute approximate surface area is 131 Å². The molecule has 1 aromatic rings. The van der Waals surface area contributed by atoms with Crippen LogP contribution in [0.5, 0.6) is 5.75 Å². The van der Waals surface area contributed by atoms with Crippen LogP contribution in [0.25, 0.3) is 0 Å². The van der Waals surface area contributed by atoms with Gasteiger partial charge >= 0.3 is 0 Å². The third-order valence-corrected chi connectivity index (χ3v) is 4.72. The van der Waals surface area contributed by atoms with Crippen molar-refractivity contribution in [2.75, 3.05) is 33.8 Å². The van der Waals surface area contributed by atoms with Gasteiger partial charge in [-0.15, -0.1) is 0 Å². The van der Waals surface area contributed by atoms with E-state index in [0.717, 1.165) is 29.4 Å². The molecule has 0 spiro atoms. The van der Waals surface area contributed by atoms with Crippen LogP contribution in [-0.2, 0) is 6.54 Å². The molecule has 1 fully saturated rings. The fourth-order valence-corrected chi connectivity index (χ4v) is 3.65. The van der Waals surface area contributed by atoms with Gasteiger partial charge in [0.2, 0.25) is 0 Å². The molecule has 0 N–H and O–H groups in total. The maximum atomic E-state index is 5.27. The predicted molar refractivity (Wildman–Crippen MR) is 87.3 cm³/mol. The lowest BCUT2D eigenvalue weighted by Crippen LogP contribution is -2.38. The highest BCUT2D eigenvalue weighted by Crippen LogP contribution is 2.26. The van der Waals surface area contributed by atoms with E-state index in [2.05, 4.69) is 51.8 Å². The predicted octanol–water partition coefficient (Wildman–Crippen LogP) is 3.37. The molecule has 0 radical (unpaired) electrons. The van der Waals surface area contributed by atoms with E-state index in [4.69, 9.17) is 4.74 Å². The minimum atomic E-state index is 0.728. The second-order valence-electron chi connectivity index (χ2n) is 5.59. The van der Waals surface area contributed by atoms with Gasteiger partial charge in [-0.3, -0.25) is 4.90 Å². The van der Waals surface area contributed by atoms with Gasteiger partial charge in [-0.1, -0.05) is 13.0 Å². The van der Waals surface area contributed by atoms with Crippen LogP contribution >= 0.6 is 15.9 Å². The highest BCUT2D eigenvalue weighted by molar-refractivity contribution is 9.10. The lowest BCUT2D eigenvalue weighted by atomic mass is 10.1. The first-order valence-corrected chi connectivity index (χ1v) is 8.18. The molecule has 1 saturated heterocycles. The van der Waals surface area contributed by atoms with Crippen LogP contribution in [0, 0.1) is 0 Å². The van der Waals surface area contributed by atoms with E-state index in [0.29, 0.717) is 0 Å². The monoisotopic (exact) mass is 340 g/mol. The Morgan fingerprint density at radius 2 is 2.25 bits per heavy atom. The van der Waals surface area contributed by atoms with Gasteiger partial charge in [-0.2, -0.15) is 0 Å². The topological polar surface area (TPSA) is 15.7 Å². The smallest absolute Gasteiger partial charge is 0.133 e. The quantitative estimate of drug-likeness (QED) is 0.789. The van der Waals surface area contributed by atoms with E-state index in [1.807, 2.05) is 6.07 Å². The Morgan fingerprint density at radius 1 is 1.45 bits per heavy atom. The molecule has 0 bridgehead atoms. The van der Waals surface area contributed by atoms with E-state index in [1.54, 1.807) is 7.11 Å². The molecule has 1 unspecified atom stereocenters. The van der Waals surface area contributed by atoms with Crippen LogP contribution < -0.4 is 4.74 Å². The molecule has 2 rings (SSSR count). The Bertz CT molecular complexity index is 438. The Hall–Kier alpha value is -0.580. The van der Waals surface area contributed by atoms with E-state index < -0.39 is 0 Å². The summed E-state index contributed by atoms with van der Waals surface area (Å²) in [7, 11) is 3.91. The van der Waals surface area contributed by atoms with Crippen molar-refractivity contribution in [3.8, 4) is 5.75 Å². The molecule has 4 heteroatoms. The molecule has 0 aliphatic carbocycles. The Morgan fingerprint density at radius 3 is 2.90 bits per heavy atom. The second-order valence-corrected chi connectivity index (χ2v) is 6.44. The fourth-order valence-electron chi connectivity index (χ4n) is 3.06.